The molecule has 2 fully saturated rings. The number of fused-ring (bicyclic) bond motifs is 5. The standard InChI is InChI=1S/C23H21N3O5/c27-20-23(12-14-5-1-2-6-16(14)25-10-4-3-7-19(23)25)21(28)26(22(29)24-20)15-8-9-17-18(11-15)31-13-30-17/h1-2,5-6,8-9,11,19H,3-4,7,10,12-13H2,(H,24,27,29)/t19-,23+/m1/s1. The Kier molecular flexibility index (Phi) is 3.81. The van der Waals surface area contributed by atoms with Crippen molar-refractivity contribution in [3.05, 3.63) is 48.0 Å². The highest BCUT2D eigenvalue weighted by Gasteiger charge is 2.62. The van der Waals surface area contributed by atoms with E-state index in [1.54, 1.807) is 18.2 Å². The minimum Gasteiger partial charge on any atom is -0.454 e. The van der Waals surface area contributed by atoms with Crippen LogP contribution in [0.1, 0.15) is 24.8 Å². The molecule has 31 heavy (non-hydrogen) atoms. The summed E-state index contributed by atoms with van der Waals surface area (Å²) in [6, 6.07) is 11.8. The van der Waals surface area contributed by atoms with Crippen molar-refractivity contribution in [3.63, 3.8) is 0 Å². The molecule has 2 aromatic rings. The van der Waals surface area contributed by atoms with Crippen LogP contribution in [-0.2, 0) is 16.0 Å². The molecule has 0 aromatic heterocycles. The van der Waals surface area contributed by atoms with Crippen LogP contribution < -0.4 is 24.6 Å². The van der Waals surface area contributed by atoms with Crippen LogP contribution in [0.15, 0.2) is 42.5 Å². The number of amides is 4. The molecule has 0 aliphatic carbocycles. The van der Waals surface area contributed by atoms with E-state index < -0.39 is 23.3 Å². The zero-order chi connectivity index (χ0) is 21.2. The van der Waals surface area contributed by atoms with E-state index in [9.17, 15) is 14.4 Å². The molecule has 158 valence electrons. The van der Waals surface area contributed by atoms with Gasteiger partial charge in [0.05, 0.1) is 11.7 Å². The van der Waals surface area contributed by atoms with Gasteiger partial charge in [0.25, 0.3) is 5.91 Å². The quantitative estimate of drug-likeness (QED) is 0.715. The molecule has 2 aromatic carbocycles. The lowest BCUT2D eigenvalue weighted by Crippen LogP contribution is -2.72. The highest BCUT2D eigenvalue weighted by Crippen LogP contribution is 2.48. The summed E-state index contributed by atoms with van der Waals surface area (Å²) < 4.78 is 10.8. The Bertz CT molecular complexity index is 1130. The van der Waals surface area contributed by atoms with Gasteiger partial charge in [-0.1, -0.05) is 18.2 Å². The van der Waals surface area contributed by atoms with Crippen molar-refractivity contribution in [2.75, 3.05) is 23.1 Å². The number of anilines is 2. The Hall–Kier alpha value is -3.55. The molecular formula is C23H21N3O5. The van der Waals surface area contributed by atoms with E-state index in [1.165, 1.54) is 0 Å². The molecule has 2 atom stereocenters. The molecule has 6 rings (SSSR count). The average Bonchev–Trinajstić information content (AvgIpc) is 3.26. The number of rotatable bonds is 1. The van der Waals surface area contributed by atoms with Gasteiger partial charge in [-0.25, -0.2) is 9.69 Å². The molecule has 0 bridgehead atoms. The number of carbonyl (C=O) groups is 3. The summed E-state index contributed by atoms with van der Waals surface area (Å²) in [5.41, 5.74) is 1.02. The Morgan fingerprint density at radius 3 is 2.74 bits per heavy atom. The van der Waals surface area contributed by atoms with E-state index in [0.717, 1.165) is 42.0 Å². The Morgan fingerprint density at radius 1 is 1.00 bits per heavy atom. The van der Waals surface area contributed by atoms with Crippen LogP contribution in [0.2, 0.25) is 0 Å². The zero-order valence-electron chi connectivity index (χ0n) is 16.8. The van der Waals surface area contributed by atoms with Gasteiger partial charge in [-0.2, -0.15) is 0 Å². The van der Waals surface area contributed by atoms with Crippen LogP contribution in [0.25, 0.3) is 0 Å². The second kappa shape index (κ2) is 6.47. The summed E-state index contributed by atoms with van der Waals surface area (Å²) in [4.78, 5) is 43.5. The Morgan fingerprint density at radius 2 is 1.84 bits per heavy atom. The summed E-state index contributed by atoms with van der Waals surface area (Å²) in [7, 11) is 0. The van der Waals surface area contributed by atoms with Gasteiger partial charge in [0.1, 0.15) is 0 Å². The molecule has 2 saturated heterocycles. The third-order valence-electron chi connectivity index (χ3n) is 6.87. The molecule has 1 N–H and O–H groups in total. The van der Waals surface area contributed by atoms with Gasteiger partial charge in [0.15, 0.2) is 16.9 Å². The van der Waals surface area contributed by atoms with Gasteiger partial charge >= 0.3 is 6.03 Å². The highest BCUT2D eigenvalue weighted by atomic mass is 16.7. The number of ether oxygens (including phenoxy) is 2. The number of piperidine rings is 1. The molecule has 4 aliphatic rings. The smallest absolute Gasteiger partial charge is 0.335 e. The van der Waals surface area contributed by atoms with E-state index in [4.69, 9.17) is 9.47 Å². The fourth-order valence-electron chi connectivity index (χ4n) is 5.45. The third kappa shape index (κ3) is 2.44. The third-order valence-corrected chi connectivity index (χ3v) is 6.87. The molecular weight excluding hydrogens is 398 g/mol. The molecule has 4 aliphatic heterocycles. The first kappa shape index (κ1) is 18.2. The van der Waals surface area contributed by atoms with Crippen LogP contribution >= 0.6 is 0 Å². The van der Waals surface area contributed by atoms with E-state index in [1.807, 2.05) is 24.3 Å². The summed E-state index contributed by atoms with van der Waals surface area (Å²) in [6.07, 6.45) is 2.92. The van der Waals surface area contributed by atoms with Crippen molar-refractivity contribution >= 4 is 29.2 Å². The molecule has 4 heterocycles. The van der Waals surface area contributed by atoms with Crippen molar-refractivity contribution in [2.45, 2.75) is 31.7 Å². The van der Waals surface area contributed by atoms with Gasteiger partial charge in [0.2, 0.25) is 12.7 Å². The minimum atomic E-state index is -1.36. The average molecular weight is 419 g/mol. The number of barbiturate groups is 1. The van der Waals surface area contributed by atoms with Crippen LogP contribution in [0, 0.1) is 5.41 Å². The molecule has 0 radical (unpaired) electrons. The van der Waals surface area contributed by atoms with Gasteiger partial charge in [-0.15, -0.1) is 0 Å². The van der Waals surface area contributed by atoms with Crippen LogP contribution in [0.5, 0.6) is 11.5 Å². The van der Waals surface area contributed by atoms with E-state index in [-0.39, 0.29) is 19.3 Å². The Labute approximate surface area is 178 Å². The van der Waals surface area contributed by atoms with Gasteiger partial charge in [-0.05, 0) is 49.4 Å². The number of imide groups is 2. The SMILES string of the molecule is O=C1NC(=O)[C@@]2(Cc3ccccc3N3CCCC[C@@H]32)C(=O)N1c1ccc2c(c1)OCO2. The maximum atomic E-state index is 14.0. The normalized spacial score (nSPS) is 26.6. The number of hydrogen-bond acceptors (Lipinski definition) is 6. The number of para-hydroxylation sites is 1. The van der Waals surface area contributed by atoms with E-state index in [2.05, 4.69) is 10.2 Å². The number of benzene rings is 2. The molecule has 0 saturated carbocycles. The minimum absolute atomic E-state index is 0.0924. The number of nitrogens with zero attached hydrogens (tertiary/aromatic N) is 2. The van der Waals surface area contributed by atoms with Crippen LogP contribution in [0.3, 0.4) is 0 Å². The molecule has 0 unspecified atom stereocenters. The summed E-state index contributed by atoms with van der Waals surface area (Å²) >= 11 is 0. The lowest BCUT2D eigenvalue weighted by Gasteiger charge is -2.53. The van der Waals surface area contributed by atoms with Gasteiger partial charge in [-0.3, -0.25) is 14.9 Å². The fraction of sp³-hybridized carbons (Fsp3) is 0.348. The van der Waals surface area contributed by atoms with Crippen molar-refractivity contribution < 1.29 is 23.9 Å². The topological polar surface area (TPSA) is 88.2 Å². The van der Waals surface area contributed by atoms with Crippen LogP contribution in [0.4, 0.5) is 16.2 Å². The predicted molar refractivity (Wildman–Crippen MR) is 111 cm³/mol. The maximum Gasteiger partial charge on any atom is 0.335 e. The van der Waals surface area contributed by atoms with Crippen molar-refractivity contribution in [1.82, 2.24) is 5.32 Å². The first-order valence-corrected chi connectivity index (χ1v) is 10.5. The summed E-state index contributed by atoms with van der Waals surface area (Å²) in [5.74, 6) is 0.0409. The van der Waals surface area contributed by atoms with Crippen molar-refractivity contribution in [3.8, 4) is 11.5 Å². The Balaban J connectivity index is 1.48. The first-order valence-electron chi connectivity index (χ1n) is 10.5. The number of nitrogens with one attached hydrogen (secondary N) is 1. The molecule has 8 nitrogen and oxygen atoms in total. The summed E-state index contributed by atoms with van der Waals surface area (Å²) in [6.45, 7) is 0.872. The highest BCUT2D eigenvalue weighted by molar-refractivity contribution is 6.30. The van der Waals surface area contributed by atoms with E-state index in [0.29, 0.717) is 17.2 Å². The second-order valence-corrected chi connectivity index (χ2v) is 8.42. The summed E-state index contributed by atoms with van der Waals surface area (Å²) in [5, 5.41) is 2.48. The first-order chi connectivity index (χ1) is 15.1. The predicted octanol–water partition coefficient (Wildman–Crippen LogP) is 2.60. The number of hydrogen-bond donors (Lipinski definition) is 1. The molecule has 1 spiro atoms. The second-order valence-electron chi connectivity index (χ2n) is 8.42. The van der Waals surface area contributed by atoms with Crippen LogP contribution in [-0.4, -0.2) is 37.2 Å². The van der Waals surface area contributed by atoms with Crippen molar-refractivity contribution in [2.24, 2.45) is 5.41 Å². The largest absolute Gasteiger partial charge is 0.454 e. The lowest BCUT2D eigenvalue weighted by molar-refractivity contribution is -0.145. The number of urea groups is 1. The lowest BCUT2D eigenvalue weighted by atomic mass is 9.66. The zero-order valence-corrected chi connectivity index (χ0v) is 16.8. The molecule has 8 heteroatoms. The monoisotopic (exact) mass is 419 g/mol. The fourth-order valence-corrected chi connectivity index (χ4v) is 5.45. The molecule has 4 amide bonds. The van der Waals surface area contributed by atoms with Gasteiger partial charge in [0, 0.05) is 18.3 Å². The van der Waals surface area contributed by atoms with Crippen molar-refractivity contribution in [1.29, 1.82) is 0 Å². The van der Waals surface area contributed by atoms with E-state index >= 15 is 0 Å². The maximum absolute atomic E-state index is 14.0. The van der Waals surface area contributed by atoms with Gasteiger partial charge < -0.3 is 14.4 Å². The number of carbonyl (C=O) groups excluding carboxylic acids is 3.